The molecule has 0 aliphatic carbocycles. The predicted molar refractivity (Wildman–Crippen MR) is 95.9 cm³/mol. The van der Waals surface area contributed by atoms with Gasteiger partial charge in [0.2, 0.25) is 0 Å². The summed E-state index contributed by atoms with van der Waals surface area (Å²) in [5.74, 6) is -1.85. The molecule has 0 aliphatic rings. The van der Waals surface area contributed by atoms with Gasteiger partial charge in [0.15, 0.2) is 6.61 Å². The van der Waals surface area contributed by atoms with Gasteiger partial charge in [-0.3, -0.25) is 4.79 Å². The van der Waals surface area contributed by atoms with E-state index in [4.69, 9.17) is 9.47 Å². The summed E-state index contributed by atoms with van der Waals surface area (Å²) in [6, 6.07) is 11.4. The minimum absolute atomic E-state index is 0.252. The number of esters is 1. The summed E-state index contributed by atoms with van der Waals surface area (Å²) in [5.41, 5.74) is 1.71. The highest BCUT2D eigenvalue weighted by molar-refractivity contribution is 5.91. The van der Waals surface area contributed by atoms with Crippen LogP contribution in [0.5, 0.6) is 5.75 Å². The smallest absolute Gasteiger partial charge is 0.341 e. The predicted octanol–water partition coefficient (Wildman–Crippen LogP) is 2.37. The zero-order valence-corrected chi connectivity index (χ0v) is 14.9. The van der Waals surface area contributed by atoms with Gasteiger partial charge in [0.05, 0.1) is 12.7 Å². The van der Waals surface area contributed by atoms with Crippen LogP contribution in [0.4, 0.5) is 10.1 Å². The number of hydrogen-bond acceptors (Lipinski definition) is 5. The molecule has 0 radical (unpaired) electrons. The summed E-state index contributed by atoms with van der Waals surface area (Å²) in [6.45, 7) is -0.179. The van der Waals surface area contributed by atoms with Crippen molar-refractivity contribution < 1.29 is 23.5 Å². The van der Waals surface area contributed by atoms with Crippen molar-refractivity contribution >= 4 is 17.6 Å². The maximum absolute atomic E-state index is 13.8. The molecule has 0 aromatic heterocycles. The van der Waals surface area contributed by atoms with E-state index < -0.39 is 24.3 Å². The molecule has 0 saturated heterocycles. The van der Waals surface area contributed by atoms with Gasteiger partial charge in [0.25, 0.3) is 5.91 Å². The third-order valence-corrected chi connectivity index (χ3v) is 3.67. The fraction of sp³-hybridized carbons (Fsp3) is 0.263. The van der Waals surface area contributed by atoms with E-state index in [0.717, 1.165) is 17.3 Å². The molecule has 0 spiro atoms. The Hall–Kier alpha value is -3.09. The Morgan fingerprint density at radius 1 is 1.12 bits per heavy atom. The van der Waals surface area contributed by atoms with Gasteiger partial charge in [-0.05, 0) is 29.8 Å². The SMILES string of the molecule is COc1ccc(C(=O)OCC(=O)NCc2ccc(N(C)C)cc2)c(F)c1. The van der Waals surface area contributed by atoms with Gasteiger partial charge in [-0.1, -0.05) is 12.1 Å². The summed E-state index contributed by atoms with van der Waals surface area (Å²) in [7, 11) is 5.28. The summed E-state index contributed by atoms with van der Waals surface area (Å²) < 4.78 is 23.5. The Labute approximate surface area is 151 Å². The third kappa shape index (κ3) is 5.20. The highest BCUT2D eigenvalue weighted by atomic mass is 19.1. The minimum Gasteiger partial charge on any atom is -0.497 e. The molecule has 1 amide bonds. The average molecular weight is 360 g/mol. The van der Waals surface area contributed by atoms with Crippen LogP contribution >= 0.6 is 0 Å². The second kappa shape index (κ2) is 8.84. The van der Waals surface area contributed by atoms with E-state index in [-0.39, 0.29) is 11.3 Å². The first-order valence-electron chi connectivity index (χ1n) is 7.94. The second-order valence-electron chi connectivity index (χ2n) is 5.76. The summed E-state index contributed by atoms with van der Waals surface area (Å²) in [4.78, 5) is 25.6. The van der Waals surface area contributed by atoms with E-state index in [1.165, 1.54) is 19.2 Å². The van der Waals surface area contributed by atoms with Crippen LogP contribution in [-0.2, 0) is 16.1 Å². The van der Waals surface area contributed by atoms with E-state index in [1.54, 1.807) is 0 Å². The third-order valence-electron chi connectivity index (χ3n) is 3.67. The number of carbonyl (C=O) groups excluding carboxylic acids is 2. The number of nitrogens with zero attached hydrogens (tertiary/aromatic N) is 1. The van der Waals surface area contributed by atoms with Crippen molar-refractivity contribution in [2.24, 2.45) is 0 Å². The molecule has 2 aromatic carbocycles. The number of benzene rings is 2. The number of carbonyl (C=O) groups is 2. The molecule has 7 heteroatoms. The molecule has 2 aromatic rings. The Bertz CT molecular complexity index is 776. The Balaban J connectivity index is 1.82. The summed E-state index contributed by atoms with van der Waals surface area (Å²) in [6.07, 6.45) is 0. The van der Waals surface area contributed by atoms with E-state index in [0.29, 0.717) is 6.54 Å². The van der Waals surface area contributed by atoms with Crippen molar-refractivity contribution in [2.75, 3.05) is 32.7 Å². The fourth-order valence-corrected chi connectivity index (χ4v) is 2.16. The number of methoxy groups -OCH3 is 1. The monoisotopic (exact) mass is 360 g/mol. The second-order valence-corrected chi connectivity index (χ2v) is 5.76. The van der Waals surface area contributed by atoms with Crippen LogP contribution in [-0.4, -0.2) is 39.7 Å². The topological polar surface area (TPSA) is 67.9 Å². The number of hydrogen-bond donors (Lipinski definition) is 1. The number of halogens is 1. The maximum atomic E-state index is 13.8. The molecular weight excluding hydrogens is 339 g/mol. The Morgan fingerprint density at radius 2 is 1.81 bits per heavy atom. The summed E-state index contributed by atoms with van der Waals surface area (Å²) in [5, 5.41) is 2.64. The van der Waals surface area contributed by atoms with E-state index >= 15 is 0 Å². The van der Waals surface area contributed by atoms with Crippen molar-refractivity contribution in [3.8, 4) is 5.75 Å². The lowest BCUT2D eigenvalue weighted by Crippen LogP contribution is -2.28. The largest absolute Gasteiger partial charge is 0.497 e. The fourth-order valence-electron chi connectivity index (χ4n) is 2.16. The maximum Gasteiger partial charge on any atom is 0.341 e. The van der Waals surface area contributed by atoms with Crippen LogP contribution < -0.4 is 15.0 Å². The van der Waals surface area contributed by atoms with Gasteiger partial charge < -0.3 is 19.7 Å². The van der Waals surface area contributed by atoms with Gasteiger partial charge in [-0.2, -0.15) is 0 Å². The van der Waals surface area contributed by atoms with Crippen LogP contribution in [0, 0.1) is 5.82 Å². The van der Waals surface area contributed by atoms with Gasteiger partial charge in [-0.25, -0.2) is 9.18 Å². The molecule has 0 saturated carbocycles. The van der Waals surface area contributed by atoms with Crippen molar-refractivity contribution in [1.82, 2.24) is 5.32 Å². The number of amides is 1. The molecule has 26 heavy (non-hydrogen) atoms. The number of nitrogens with one attached hydrogen (secondary N) is 1. The molecule has 0 aliphatic heterocycles. The molecule has 0 heterocycles. The number of ether oxygens (including phenoxy) is 2. The number of anilines is 1. The molecule has 0 fully saturated rings. The van der Waals surface area contributed by atoms with Crippen molar-refractivity contribution in [1.29, 1.82) is 0 Å². The highest BCUT2D eigenvalue weighted by Crippen LogP contribution is 2.17. The molecule has 138 valence electrons. The first kappa shape index (κ1) is 19.2. The van der Waals surface area contributed by atoms with Crippen LogP contribution in [0.25, 0.3) is 0 Å². The molecule has 0 bridgehead atoms. The van der Waals surface area contributed by atoms with E-state index in [9.17, 15) is 14.0 Å². The van der Waals surface area contributed by atoms with Crippen molar-refractivity contribution in [3.05, 3.63) is 59.4 Å². The Morgan fingerprint density at radius 3 is 2.38 bits per heavy atom. The average Bonchev–Trinajstić information content (AvgIpc) is 2.64. The molecule has 0 atom stereocenters. The first-order valence-corrected chi connectivity index (χ1v) is 7.94. The first-order chi connectivity index (χ1) is 12.4. The lowest BCUT2D eigenvalue weighted by Gasteiger charge is -2.13. The molecule has 0 unspecified atom stereocenters. The van der Waals surface area contributed by atoms with Gasteiger partial charge in [0, 0.05) is 32.4 Å². The van der Waals surface area contributed by atoms with Gasteiger partial charge >= 0.3 is 5.97 Å². The van der Waals surface area contributed by atoms with Crippen molar-refractivity contribution in [3.63, 3.8) is 0 Å². The quantitative estimate of drug-likeness (QED) is 0.768. The van der Waals surface area contributed by atoms with Crippen LogP contribution in [0.1, 0.15) is 15.9 Å². The lowest BCUT2D eigenvalue weighted by atomic mass is 10.2. The summed E-state index contributed by atoms with van der Waals surface area (Å²) >= 11 is 0. The standard InChI is InChI=1S/C19H21FN2O4/c1-22(2)14-6-4-13(5-7-14)11-21-18(23)12-26-19(24)16-9-8-15(25-3)10-17(16)20/h4-10H,11-12H2,1-3H3,(H,21,23). The number of rotatable bonds is 7. The molecule has 1 N–H and O–H groups in total. The van der Waals surface area contributed by atoms with Crippen molar-refractivity contribution in [2.45, 2.75) is 6.54 Å². The zero-order chi connectivity index (χ0) is 19.1. The van der Waals surface area contributed by atoms with E-state index in [2.05, 4.69) is 5.32 Å². The van der Waals surface area contributed by atoms with E-state index in [1.807, 2.05) is 43.3 Å². The van der Waals surface area contributed by atoms with Gasteiger partial charge in [0.1, 0.15) is 11.6 Å². The minimum atomic E-state index is -0.907. The van der Waals surface area contributed by atoms with Crippen LogP contribution in [0.15, 0.2) is 42.5 Å². The normalized spacial score (nSPS) is 10.2. The zero-order valence-electron chi connectivity index (χ0n) is 14.9. The Kier molecular flexibility index (Phi) is 6.54. The highest BCUT2D eigenvalue weighted by Gasteiger charge is 2.15. The van der Waals surface area contributed by atoms with Gasteiger partial charge in [-0.15, -0.1) is 0 Å². The van der Waals surface area contributed by atoms with Crippen LogP contribution in [0.3, 0.4) is 0 Å². The van der Waals surface area contributed by atoms with Crippen LogP contribution in [0.2, 0.25) is 0 Å². The molecule has 6 nitrogen and oxygen atoms in total. The molecule has 2 rings (SSSR count). The lowest BCUT2D eigenvalue weighted by molar-refractivity contribution is -0.124. The molecular formula is C19H21FN2O4.